The SMILES string of the molecule is COc1ccc(C(Cl)=NO)c(C)c1. The van der Waals surface area contributed by atoms with Gasteiger partial charge in [0.15, 0.2) is 5.17 Å². The first-order valence-electron chi connectivity index (χ1n) is 3.71. The Labute approximate surface area is 81.6 Å². The van der Waals surface area contributed by atoms with Crippen LogP contribution < -0.4 is 4.74 Å². The molecule has 0 saturated carbocycles. The second kappa shape index (κ2) is 4.14. The maximum absolute atomic E-state index is 8.46. The molecular formula is C9H10ClNO2. The number of halogens is 1. The molecule has 1 aromatic carbocycles. The normalized spacial score (nSPS) is 11.5. The van der Waals surface area contributed by atoms with E-state index < -0.39 is 0 Å². The summed E-state index contributed by atoms with van der Waals surface area (Å²) in [6, 6.07) is 5.33. The van der Waals surface area contributed by atoms with Gasteiger partial charge in [-0.05, 0) is 30.7 Å². The Morgan fingerprint density at radius 3 is 2.69 bits per heavy atom. The molecule has 0 bridgehead atoms. The van der Waals surface area contributed by atoms with E-state index in [-0.39, 0.29) is 5.17 Å². The predicted octanol–water partition coefficient (Wildman–Crippen LogP) is 2.38. The van der Waals surface area contributed by atoms with E-state index in [0.717, 1.165) is 11.3 Å². The number of nitrogens with zero attached hydrogens (tertiary/aromatic N) is 1. The molecule has 0 amide bonds. The maximum atomic E-state index is 8.46. The summed E-state index contributed by atoms with van der Waals surface area (Å²) in [6.45, 7) is 1.87. The maximum Gasteiger partial charge on any atom is 0.175 e. The Balaban J connectivity index is 3.12. The molecule has 0 aliphatic rings. The molecule has 4 heteroatoms. The second-order valence-electron chi connectivity index (χ2n) is 2.57. The molecule has 1 rings (SSSR count). The minimum atomic E-state index is 0.0835. The van der Waals surface area contributed by atoms with E-state index in [1.807, 2.05) is 13.0 Å². The highest BCUT2D eigenvalue weighted by atomic mass is 35.5. The molecule has 0 aliphatic heterocycles. The molecule has 0 fully saturated rings. The zero-order chi connectivity index (χ0) is 9.84. The van der Waals surface area contributed by atoms with Crippen molar-refractivity contribution in [2.75, 3.05) is 7.11 Å². The Bertz CT molecular complexity index is 336. The highest BCUT2D eigenvalue weighted by Crippen LogP contribution is 2.18. The molecule has 1 aromatic rings. The lowest BCUT2D eigenvalue weighted by molar-refractivity contribution is 0.321. The van der Waals surface area contributed by atoms with E-state index in [0.29, 0.717) is 5.56 Å². The summed E-state index contributed by atoms with van der Waals surface area (Å²) in [4.78, 5) is 0. The van der Waals surface area contributed by atoms with Gasteiger partial charge in [0.25, 0.3) is 0 Å². The second-order valence-corrected chi connectivity index (χ2v) is 2.93. The molecular weight excluding hydrogens is 190 g/mol. The first kappa shape index (κ1) is 9.86. The van der Waals surface area contributed by atoms with Gasteiger partial charge in [0.1, 0.15) is 5.75 Å². The lowest BCUT2D eigenvalue weighted by atomic mass is 10.1. The van der Waals surface area contributed by atoms with Gasteiger partial charge in [0.05, 0.1) is 7.11 Å². The van der Waals surface area contributed by atoms with Gasteiger partial charge in [-0.25, -0.2) is 0 Å². The Morgan fingerprint density at radius 1 is 1.54 bits per heavy atom. The molecule has 1 N–H and O–H groups in total. The first-order valence-corrected chi connectivity index (χ1v) is 4.09. The van der Waals surface area contributed by atoms with Gasteiger partial charge in [0, 0.05) is 5.56 Å². The first-order chi connectivity index (χ1) is 6.19. The number of ether oxygens (including phenoxy) is 1. The minimum absolute atomic E-state index is 0.0835. The highest BCUT2D eigenvalue weighted by molar-refractivity contribution is 6.69. The third-order valence-electron chi connectivity index (χ3n) is 1.74. The van der Waals surface area contributed by atoms with Crippen LogP contribution >= 0.6 is 11.6 Å². The summed E-state index contributed by atoms with van der Waals surface area (Å²) in [5.74, 6) is 0.753. The van der Waals surface area contributed by atoms with Gasteiger partial charge >= 0.3 is 0 Å². The molecule has 0 aliphatic carbocycles. The number of methoxy groups -OCH3 is 1. The van der Waals surface area contributed by atoms with E-state index in [4.69, 9.17) is 21.5 Å². The fourth-order valence-corrected chi connectivity index (χ4v) is 1.26. The third-order valence-corrected chi connectivity index (χ3v) is 2.02. The zero-order valence-corrected chi connectivity index (χ0v) is 8.17. The smallest absolute Gasteiger partial charge is 0.175 e. The Hall–Kier alpha value is -1.22. The summed E-state index contributed by atoms with van der Waals surface area (Å²) >= 11 is 5.65. The third kappa shape index (κ3) is 2.12. The molecule has 3 nitrogen and oxygen atoms in total. The fraction of sp³-hybridized carbons (Fsp3) is 0.222. The number of benzene rings is 1. The van der Waals surface area contributed by atoms with Crippen LogP contribution in [0.2, 0.25) is 0 Å². The summed E-state index contributed by atoms with van der Waals surface area (Å²) in [7, 11) is 1.59. The zero-order valence-electron chi connectivity index (χ0n) is 7.41. The average Bonchev–Trinajstić information content (AvgIpc) is 2.16. The number of hydrogen-bond donors (Lipinski definition) is 1. The van der Waals surface area contributed by atoms with Gasteiger partial charge in [-0.2, -0.15) is 0 Å². The van der Waals surface area contributed by atoms with E-state index in [2.05, 4.69) is 5.16 Å². The van der Waals surface area contributed by atoms with Crippen LogP contribution in [-0.2, 0) is 0 Å². The van der Waals surface area contributed by atoms with Crippen LogP contribution in [0.15, 0.2) is 23.4 Å². The van der Waals surface area contributed by atoms with Gasteiger partial charge in [-0.15, -0.1) is 0 Å². The molecule has 0 atom stereocenters. The highest BCUT2D eigenvalue weighted by Gasteiger charge is 2.05. The van der Waals surface area contributed by atoms with Gasteiger partial charge in [-0.3, -0.25) is 0 Å². The molecule has 0 aromatic heterocycles. The molecule has 0 radical (unpaired) electrons. The van der Waals surface area contributed by atoms with Crippen LogP contribution in [0.1, 0.15) is 11.1 Å². The topological polar surface area (TPSA) is 41.8 Å². The molecule has 0 heterocycles. The van der Waals surface area contributed by atoms with Crippen LogP contribution in [0.4, 0.5) is 0 Å². The van der Waals surface area contributed by atoms with E-state index >= 15 is 0 Å². The quantitative estimate of drug-likeness (QED) is 0.452. The van der Waals surface area contributed by atoms with Crippen LogP contribution in [0.25, 0.3) is 0 Å². The molecule has 70 valence electrons. The molecule has 0 unspecified atom stereocenters. The van der Waals surface area contributed by atoms with Crippen LogP contribution in [0, 0.1) is 6.92 Å². The van der Waals surface area contributed by atoms with Crippen molar-refractivity contribution in [3.63, 3.8) is 0 Å². The summed E-state index contributed by atoms with van der Waals surface area (Å²) in [5, 5.41) is 11.5. The number of rotatable bonds is 2. The van der Waals surface area contributed by atoms with E-state index in [1.54, 1.807) is 19.2 Å². The van der Waals surface area contributed by atoms with Crippen molar-refractivity contribution in [1.29, 1.82) is 0 Å². The average molecular weight is 200 g/mol. The van der Waals surface area contributed by atoms with E-state index in [1.165, 1.54) is 0 Å². The fourth-order valence-electron chi connectivity index (χ4n) is 1.05. The number of oxime groups is 1. The molecule has 13 heavy (non-hydrogen) atoms. The lowest BCUT2D eigenvalue weighted by Gasteiger charge is -2.04. The summed E-state index contributed by atoms with van der Waals surface area (Å²) < 4.78 is 5.02. The standard InChI is InChI=1S/C9H10ClNO2/c1-6-5-7(13-2)3-4-8(6)9(10)11-12/h3-5,12H,1-2H3. The van der Waals surface area contributed by atoms with Crippen molar-refractivity contribution >= 4 is 16.8 Å². The van der Waals surface area contributed by atoms with Crippen LogP contribution in [0.5, 0.6) is 5.75 Å². The van der Waals surface area contributed by atoms with Gasteiger partial charge in [0.2, 0.25) is 0 Å². The summed E-state index contributed by atoms with van der Waals surface area (Å²) in [5.41, 5.74) is 1.60. The monoisotopic (exact) mass is 199 g/mol. The number of aryl methyl sites for hydroxylation is 1. The van der Waals surface area contributed by atoms with Crippen molar-refractivity contribution < 1.29 is 9.94 Å². The van der Waals surface area contributed by atoms with Crippen molar-refractivity contribution in [2.24, 2.45) is 5.16 Å². The van der Waals surface area contributed by atoms with Crippen molar-refractivity contribution in [1.82, 2.24) is 0 Å². The Morgan fingerprint density at radius 2 is 2.23 bits per heavy atom. The van der Waals surface area contributed by atoms with Gasteiger partial charge < -0.3 is 9.94 Å². The van der Waals surface area contributed by atoms with E-state index in [9.17, 15) is 0 Å². The van der Waals surface area contributed by atoms with Crippen molar-refractivity contribution in [3.05, 3.63) is 29.3 Å². The lowest BCUT2D eigenvalue weighted by Crippen LogP contribution is -1.95. The van der Waals surface area contributed by atoms with Crippen molar-refractivity contribution in [2.45, 2.75) is 6.92 Å². The van der Waals surface area contributed by atoms with Crippen LogP contribution in [-0.4, -0.2) is 17.5 Å². The largest absolute Gasteiger partial charge is 0.497 e. The Kier molecular flexibility index (Phi) is 3.14. The number of hydrogen-bond acceptors (Lipinski definition) is 3. The minimum Gasteiger partial charge on any atom is -0.497 e. The summed E-state index contributed by atoms with van der Waals surface area (Å²) in [6.07, 6.45) is 0. The predicted molar refractivity (Wildman–Crippen MR) is 51.9 cm³/mol. The van der Waals surface area contributed by atoms with Gasteiger partial charge in [-0.1, -0.05) is 16.8 Å². The van der Waals surface area contributed by atoms with Crippen molar-refractivity contribution in [3.8, 4) is 5.75 Å². The van der Waals surface area contributed by atoms with Crippen LogP contribution in [0.3, 0.4) is 0 Å². The molecule has 0 saturated heterocycles. The molecule has 0 spiro atoms.